The van der Waals surface area contributed by atoms with Gasteiger partial charge in [0.2, 0.25) is 5.91 Å². The highest BCUT2D eigenvalue weighted by Gasteiger charge is 2.16. The van der Waals surface area contributed by atoms with Crippen molar-refractivity contribution in [3.05, 3.63) is 86.8 Å². The first-order valence-corrected chi connectivity index (χ1v) is 11.1. The van der Waals surface area contributed by atoms with Gasteiger partial charge in [-0.1, -0.05) is 35.9 Å². The van der Waals surface area contributed by atoms with Gasteiger partial charge in [-0.05, 0) is 48.4 Å². The summed E-state index contributed by atoms with van der Waals surface area (Å²) in [7, 11) is 1.29. The van der Waals surface area contributed by atoms with Gasteiger partial charge in [-0.3, -0.25) is 9.59 Å². The summed E-state index contributed by atoms with van der Waals surface area (Å²) >= 11 is 7.51. The standard InChI is InChI=1S/C24H23ClN2O4S/c1-17-26-21(16-32-17)15-31-22-10-5-18(6-11-22)7-12-23(28)27(14-24(29)30-2)13-19-3-8-20(25)9-4-19/h3-12,16H,13-15H2,1-2H3/b12-7+. The summed E-state index contributed by atoms with van der Waals surface area (Å²) < 4.78 is 10.5. The van der Waals surface area contributed by atoms with E-state index in [1.807, 2.05) is 48.7 Å². The minimum absolute atomic E-state index is 0.148. The van der Waals surface area contributed by atoms with E-state index in [1.165, 1.54) is 18.1 Å². The fourth-order valence-electron chi connectivity index (χ4n) is 2.82. The van der Waals surface area contributed by atoms with Gasteiger partial charge in [-0.2, -0.15) is 0 Å². The summed E-state index contributed by atoms with van der Waals surface area (Å²) in [6, 6.07) is 14.5. The molecule has 3 rings (SSSR count). The maximum absolute atomic E-state index is 12.7. The number of benzene rings is 2. The van der Waals surface area contributed by atoms with Crippen LogP contribution in [0.25, 0.3) is 6.08 Å². The lowest BCUT2D eigenvalue weighted by Crippen LogP contribution is -2.34. The number of aryl methyl sites for hydroxylation is 1. The van der Waals surface area contributed by atoms with Crippen molar-refractivity contribution >= 4 is 40.9 Å². The molecule has 0 bridgehead atoms. The number of thiazole rings is 1. The largest absolute Gasteiger partial charge is 0.487 e. The van der Waals surface area contributed by atoms with Crippen LogP contribution in [0.5, 0.6) is 5.75 Å². The zero-order valence-electron chi connectivity index (χ0n) is 17.8. The highest BCUT2D eigenvalue weighted by Crippen LogP contribution is 2.17. The van der Waals surface area contributed by atoms with Crippen molar-refractivity contribution < 1.29 is 19.1 Å². The molecule has 0 N–H and O–H groups in total. The van der Waals surface area contributed by atoms with E-state index in [4.69, 9.17) is 21.1 Å². The molecule has 0 saturated carbocycles. The maximum atomic E-state index is 12.7. The first-order chi connectivity index (χ1) is 15.4. The van der Waals surface area contributed by atoms with Crippen molar-refractivity contribution in [1.82, 2.24) is 9.88 Å². The second-order valence-electron chi connectivity index (χ2n) is 6.95. The average Bonchev–Trinajstić information content (AvgIpc) is 3.22. The van der Waals surface area contributed by atoms with E-state index in [2.05, 4.69) is 4.98 Å². The zero-order valence-corrected chi connectivity index (χ0v) is 19.4. The van der Waals surface area contributed by atoms with Gasteiger partial charge in [0.25, 0.3) is 0 Å². The number of carbonyl (C=O) groups is 2. The topological polar surface area (TPSA) is 68.7 Å². The van der Waals surface area contributed by atoms with Crippen molar-refractivity contribution in [3.8, 4) is 5.75 Å². The Kier molecular flexibility index (Phi) is 8.41. The predicted molar refractivity (Wildman–Crippen MR) is 126 cm³/mol. The maximum Gasteiger partial charge on any atom is 0.325 e. The Hall–Kier alpha value is -3.16. The number of carbonyl (C=O) groups excluding carboxylic acids is 2. The number of ether oxygens (including phenoxy) is 2. The minimum Gasteiger partial charge on any atom is -0.487 e. The number of hydrogen-bond donors (Lipinski definition) is 0. The summed E-state index contributed by atoms with van der Waals surface area (Å²) in [5.41, 5.74) is 2.59. The average molecular weight is 471 g/mol. The number of amides is 1. The molecule has 0 saturated heterocycles. The summed E-state index contributed by atoms with van der Waals surface area (Å²) in [5.74, 6) is -0.0729. The van der Waals surface area contributed by atoms with Crippen LogP contribution in [0.4, 0.5) is 0 Å². The molecule has 0 unspecified atom stereocenters. The molecule has 1 aromatic heterocycles. The molecule has 0 aliphatic carbocycles. The zero-order chi connectivity index (χ0) is 22.9. The number of esters is 1. The first kappa shape index (κ1) is 23.5. The molecular weight excluding hydrogens is 448 g/mol. The molecule has 8 heteroatoms. The number of aromatic nitrogens is 1. The summed E-state index contributed by atoms with van der Waals surface area (Å²) in [5, 5.41) is 3.59. The van der Waals surface area contributed by atoms with Crippen LogP contribution in [0.1, 0.15) is 21.8 Å². The Labute approximate surface area is 196 Å². The van der Waals surface area contributed by atoms with Crippen LogP contribution < -0.4 is 4.74 Å². The molecule has 6 nitrogen and oxygen atoms in total. The number of halogens is 1. The molecule has 0 aliphatic rings. The van der Waals surface area contributed by atoms with Crippen LogP contribution in [-0.4, -0.2) is 35.4 Å². The molecule has 0 aliphatic heterocycles. The number of nitrogens with zero attached hydrogens (tertiary/aromatic N) is 2. The van der Waals surface area contributed by atoms with Crippen molar-refractivity contribution in [2.24, 2.45) is 0 Å². The van der Waals surface area contributed by atoms with Crippen LogP contribution in [0.3, 0.4) is 0 Å². The minimum atomic E-state index is -0.488. The third-order valence-electron chi connectivity index (χ3n) is 4.50. The van der Waals surface area contributed by atoms with Gasteiger partial charge in [0.15, 0.2) is 0 Å². The molecule has 32 heavy (non-hydrogen) atoms. The number of methoxy groups -OCH3 is 1. The van der Waals surface area contributed by atoms with Gasteiger partial charge in [0.05, 0.1) is 17.8 Å². The summed E-state index contributed by atoms with van der Waals surface area (Å²) in [6.45, 7) is 2.48. The highest BCUT2D eigenvalue weighted by molar-refractivity contribution is 7.09. The van der Waals surface area contributed by atoms with Gasteiger partial charge in [-0.25, -0.2) is 4.98 Å². The first-order valence-electron chi connectivity index (χ1n) is 9.85. The van der Waals surface area contributed by atoms with E-state index < -0.39 is 5.97 Å². The van der Waals surface area contributed by atoms with Crippen molar-refractivity contribution in [3.63, 3.8) is 0 Å². The monoisotopic (exact) mass is 470 g/mol. The lowest BCUT2D eigenvalue weighted by atomic mass is 10.2. The smallest absolute Gasteiger partial charge is 0.325 e. The van der Waals surface area contributed by atoms with Crippen LogP contribution in [0, 0.1) is 6.92 Å². The van der Waals surface area contributed by atoms with Crippen LogP contribution in [-0.2, 0) is 27.5 Å². The lowest BCUT2D eigenvalue weighted by molar-refractivity contribution is -0.145. The predicted octanol–water partition coefficient (Wildman–Crippen LogP) is 4.90. The third-order valence-corrected chi connectivity index (χ3v) is 5.57. The normalized spacial score (nSPS) is 10.8. The number of rotatable bonds is 9. The van der Waals surface area contributed by atoms with Crippen molar-refractivity contribution in [2.45, 2.75) is 20.1 Å². The Bertz CT molecular complexity index is 1080. The molecule has 0 spiro atoms. The van der Waals surface area contributed by atoms with Crippen LogP contribution in [0.15, 0.2) is 60.0 Å². The molecule has 166 valence electrons. The van der Waals surface area contributed by atoms with Gasteiger partial charge in [0.1, 0.15) is 18.9 Å². The Morgan fingerprint density at radius 1 is 1.12 bits per heavy atom. The number of hydrogen-bond acceptors (Lipinski definition) is 6. The lowest BCUT2D eigenvalue weighted by Gasteiger charge is -2.20. The van der Waals surface area contributed by atoms with E-state index in [1.54, 1.807) is 29.5 Å². The van der Waals surface area contributed by atoms with E-state index in [9.17, 15) is 9.59 Å². The molecular formula is C24H23ClN2O4S. The quantitative estimate of drug-likeness (QED) is 0.328. The molecule has 0 fully saturated rings. The fraction of sp³-hybridized carbons (Fsp3) is 0.208. The van der Waals surface area contributed by atoms with Gasteiger partial charge >= 0.3 is 5.97 Å². The SMILES string of the molecule is COC(=O)CN(Cc1ccc(Cl)cc1)C(=O)/C=C/c1ccc(OCc2csc(C)n2)cc1. The van der Waals surface area contributed by atoms with E-state index in [-0.39, 0.29) is 19.0 Å². The molecule has 0 atom stereocenters. The molecule has 2 aromatic carbocycles. The van der Waals surface area contributed by atoms with Crippen molar-refractivity contribution in [1.29, 1.82) is 0 Å². The van der Waals surface area contributed by atoms with E-state index in [0.717, 1.165) is 21.8 Å². The molecule has 0 radical (unpaired) electrons. The highest BCUT2D eigenvalue weighted by atomic mass is 35.5. The van der Waals surface area contributed by atoms with Crippen LogP contribution in [0.2, 0.25) is 5.02 Å². The van der Waals surface area contributed by atoms with E-state index in [0.29, 0.717) is 17.4 Å². The van der Waals surface area contributed by atoms with Crippen LogP contribution >= 0.6 is 22.9 Å². The van der Waals surface area contributed by atoms with E-state index >= 15 is 0 Å². The van der Waals surface area contributed by atoms with Crippen molar-refractivity contribution in [2.75, 3.05) is 13.7 Å². The summed E-state index contributed by atoms with van der Waals surface area (Å²) in [6.07, 6.45) is 3.13. The van der Waals surface area contributed by atoms with Gasteiger partial charge < -0.3 is 14.4 Å². The molecule has 1 heterocycles. The van der Waals surface area contributed by atoms with Gasteiger partial charge in [-0.15, -0.1) is 11.3 Å². The van der Waals surface area contributed by atoms with Gasteiger partial charge in [0, 0.05) is 23.0 Å². The molecule has 3 aromatic rings. The Morgan fingerprint density at radius 2 is 1.84 bits per heavy atom. The second kappa shape index (κ2) is 11.5. The fourth-order valence-corrected chi connectivity index (χ4v) is 3.55. The summed E-state index contributed by atoms with van der Waals surface area (Å²) in [4.78, 5) is 30.3. The Morgan fingerprint density at radius 3 is 2.47 bits per heavy atom. The second-order valence-corrected chi connectivity index (χ2v) is 8.44. The molecule has 1 amide bonds. The Balaban J connectivity index is 1.61. The third kappa shape index (κ3) is 7.21.